The van der Waals surface area contributed by atoms with Crippen molar-refractivity contribution in [1.29, 1.82) is 0 Å². The highest BCUT2D eigenvalue weighted by atomic mass is 16.6. The summed E-state index contributed by atoms with van der Waals surface area (Å²) in [4.78, 5) is 27.2. The second-order valence-corrected chi connectivity index (χ2v) is 6.49. The van der Waals surface area contributed by atoms with Crippen LogP contribution in [0, 0.1) is 10.1 Å². The molecule has 2 aromatic rings. The number of amides is 1. The van der Waals surface area contributed by atoms with Gasteiger partial charge in [0.2, 0.25) is 0 Å². The molecule has 0 aliphatic carbocycles. The number of ether oxygens (including phenoxy) is 2. The summed E-state index contributed by atoms with van der Waals surface area (Å²) in [5.74, 6) is 1.22. The van der Waals surface area contributed by atoms with Crippen molar-refractivity contribution >= 4 is 17.3 Å². The predicted molar refractivity (Wildman–Crippen MR) is 105 cm³/mol. The number of hydrogen-bond acceptors (Lipinski definition) is 6. The second kappa shape index (κ2) is 8.60. The normalized spacial score (nSPS) is 15.1. The minimum atomic E-state index is -0.619. The highest BCUT2D eigenvalue weighted by Crippen LogP contribution is 2.28. The number of nitro groups is 1. The molecule has 1 fully saturated rings. The molecule has 1 saturated heterocycles. The molecule has 0 aromatic heterocycles. The molecule has 1 aliphatic rings. The summed E-state index contributed by atoms with van der Waals surface area (Å²) in [6.07, 6.45) is -0.619. The number of benzene rings is 2. The molecule has 0 N–H and O–H groups in total. The van der Waals surface area contributed by atoms with Crippen LogP contribution in [-0.2, 0) is 4.79 Å². The van der Waals surface area contributed by atoms with Crippen molar-refractivity contribution in [2.24, 2.45) is 0 Å². The number of methoxy groups -OCH3 is 1. The zero-order chi connectivity index (χ0) is 20.1. The maximum atomic E-state index is 12.7. The molecule has 1 heterocycles. The first kappa shape index (κ1) is 19.5. The summed E-state index contributed by atoms with van der Waals surface area (Å²) in [7, 11) is 1.59. The highest BCUT2D eigenvalue weighted by molar-refractivity contribution is 5.81. The number of piperazine rings is 1. The molecule has 1 aliphatic heterocycles. The molecule has 2 aromatic carbocycles. The molecule has 0 radical (unpaired) electrons. The van der Waals surface area contributed by atoms with E-state index in [-0.39, 0.29) is 16.5 Å². The summed E-state index contributed by atoms with van der Waals surface area (Å²) < 4.78 is 10.9. The lowest BCUT2D eigenvalue weighted by Crippen LogP contribution is -2.52. The van der Waals surface area contributed by atoms with Crippen LogP contribution < -0.4 is 14.4 Å². The summed E-state index contributed by atoms with van der Waals surface area (Å²) in [5.41, 5.74) is 0.667. The minimum absolute atomic E-state index is 0.0819. The van der Waals surface area contributed by atoms with E-state index < -0.39 is 6.10 Å². The van der Waals surface area contributed by atoms with E-state index in [9.17, 15) is 14.9 Å². The molecular weight excluding hydrogens is 362 g/mol. The maximum absolute atomic E-state index is 12.7. The van der Waals surface area contributed by atoms with Crippen molar-refractivity contribution in [3.63, 3.8) is 0 Å². The lowest BCUT2D eigenvalue weighted by Gasteiger charge is -2.36. The van der Waals surface area contributed by atoms with Crippen molar-refractivity contribution in [1.82, 2.24) is 4.90 Å². The van der Waals surface area contributed by atoms with Crippen molar-refractivity contribution in [2.45, 2.75) is 13.0 Å². The maximum Gasteiger partial charge on any atom is 0.292 e. The van der Waals surface area contributed by atoms with Crippen LogP contribution in [0.25, 0.3) is 0 Å². The number of nitrogens with zero attached hydrogens (tertiary/aromatic N) is 3. The lowest BCUT2D eigenvalue weighted by molar-refractivity contribution is -0.384. The van der Waals surface area contributed by atoms with E-state index in [0.29, 0.717) is 37.6 Å². The molecular formula is C20H23N3O5. The fourth-order valence-corrected chi connectivity index (χ4v) is 3.22. The van der Waals surface area contributed by atoms with Crippen LogP contribution in [-0.4, -0.2) is 55.1 Å². The number of nitro benzene ring substituents is 1. The van der Waals surface area contributed by atoms with E-state index in [1.165, 1.54) is 6.07 Å². The summed E-state index contributed by atoms with van der Waals surface area (Å²) in [6, 6.07) is 13.7. The van der Waals surface area contributed by atoms with E-state index in [1.54, 1.807) is 61.4 Å². The van der Waals surface area contributed by atoms with E-state index in [2.05, 4.69) is 0 Å². The molecule has 0 saturated carbocycles. The molecule has 8 heteroatoms. The van der Waals surface area contributed by atoms with Gasteiger partial charge in [-0.3, -0.25) is 14.9 Å². The predicted octanol–water partition coefficient (Wildman–Crippen LogP) is 2.72. The van der Waals surface area contributed by atoms with Gasteiger partial charge in [0.1, 0.15) is 17.2 Å². The van der Waals surface area contributed by atoms with Gasteiger partial charge in [-0.25, -0.2) is 0 Å². The smallest absolute Gasteiger partial charge is 0.292 e. The van der Waals surface area contributed by atoms with Gasteiger partial charge in [0, 0.05) is 32.2 Å². The Morgan fingerprint density at radius 2 is 1.64 bits per heavy atom. The number of carbonyl (C=O) groups excluding carboxylic acids is 1. The van der Waals surface area contributed by atoms with E-state index in [0.717, 1.165) is 5.75 Å². The molecule has 28 heavy (non-hydrogen) atoms. The van der Waals surface area contributed by atoms with Crippen molar-refractivity contribution in [2.75, 3.05) is 38.2 Å². The van der Waals surface area contributed by atoms with Crippen LogP contribution >= 0.6 is 0 Å². The van der Waals surface area contributed by atoms with Gasteiger partial charge in [-0.1, -0.05) is 12.1 Å². The van der Waals surface area contributed by atoms with Gasteiger partial charge in [0.05, 0.1) is 12.0 Å². The van der Waals surface area contributed by atoms with Gasteiger partial charge < -0.3 is 19.3 Å². The number of anilines is 1. The van der Waals surface area contributed by atoms with Gasteiger partial charge in [-0.15, -0.1) is 0 Å². The molecule has 1 amide bonds. The zero-order valence-corrected chi connectivity index (χ0v) is 15.9. The third-order valence-electron chi connectivity index (χ3n) is 4.73. The summed E-state index contributed by atoms with van der Waals surface area (Å²) in [6.45, 7) is 3.76. The van der Waals surface area contributed by atoms with Gasteiger partial charge in [-0.05, 0) is 37.3 Å². The second-order valence-electron chi connectivity index (χ2n) is 6.49. The van der Waals surface area contributed by atoms with E-state index in [1.807, 2.05) is 4.90 Å². The van der Waals surface area contributed by atoms with Gasteiger partial charge >= 0.3 is 0 Å². The van der Waals surface area contributed by atoms with Crippen molar-refractivity contribution in [3.05, 3.63) is 58.6 Å². The average molecular weight is 385 g/mol. The van der Waals surface area contributed by atoms with Crippen molar-refractivity contribution in [3.8, 4) is 11.5 Å². The third-order valence-corrected chi connectivity index (χ3v) is 4.73. The Bertz CT molecular complexity index is 832. The standard InChI is InChI=1S/C20H23N3O5/c1-15(28-17-9-7-16(27-2)8-10-17)20(24)22-13-11-21(12-14-22)18-5-3-4-6-19(18)23(25)26/h3-10,15H,11-14H2,1-2H3. The lowest BCUT2D eigenvalue weighted by atomic mass is 10.2. The first-order valence-corrected chi connectivity index (χ1v) is 9.07. The number of carbonyl (C=O) groups is 1. The largest absolute Gasteiger partial charge is 0.497 e. The SMILES string of the molecule is COc1ccc(OC(C)C(=O)N2CCN(c3ccccc3[N+](=O)[O-])CC2)cc1. The third kappa shape index (κ3) is 4.33. The first-order chi connectivity index (χ1) is 13.5. The van der Waals surface area contributed by atoms with Gasteiger partial charge in [0.25, 0.3) is 11.6 Å². The van der Waals surface area contributed by atoms with Crippen molar-refractivity contribution < 1.29 is 19.2 Å². The Kier molecular flexibility index (Phi) is 5.98. The summed E-state index contributed by atoms with van der Waals surface area (Å²) >= 11 is 0. The average Bonchev–Trinajstić information content (AvgIpc) is 2.73. The van der Waals surface area contributed by atoms with Crippen LogP contribution in [0.2, 0.25) is 0 Å². The van der Waals surface area contributed by atoms with Crippen LogP contribution in [0.5, 0.6) is 11.5 Å². The van der Waals surface area contributed by atoms with E-state index in [4.69, 9.17) is 9.47 Å². The van der Waals surface area contributed by atoms with Gasteiger partial charge in [0.15, 0.2) is 6.10 Å². The Morgan fingerprint density at radius 3 is 2.25 bits per heavy atom. The van der Waals surface area contributed by atoms with E-state index >= 15 is 0 Å². The zero-order valence-electron chi connectivity index (χ0n) is 15.9. The molecule has 0 spiro atoms. The Hall–Kier alpha value is -3.29. The molecule has 148 valence electrons. The fraction of sp³-hybridized carbons (Fsp3) is 0.350. The number of rotatable bonds is 6. The molecule has 1 atom stereocenters. The minimum Gasteiger partial charge on any atom is -0.497 e. The Balaban J connectivity index is 1.58. The van der Waals surface area contributed by atoms with Crippen LogP contribution in [0.15, 0.2) is 48.5 Å². The number of para-hydroxylation sites is 2. The highest BCUT2D eigenvalue weighted by Gasteiger charge is 2.28. The van der Waals surface area contributed by atoms with Crippen LogP contribution in [0.1, 0.15) is 6.92 Å². The molecule has 8 nitrogen and oxygen atoms in total. The fourth-order valence-electron chi connectivity index (χ4n) is 3.22. The molecule has 3 rings (SSSR count). The quantitative estimate of drug-likeness (QED) is 0.561. The van der Waals surface area contributed by atoms with Crippen LogP contribution in [0.4, 0.5) is 11.4 Å². The topological polar surface area (TPSA) is 85.2 Å². The molecule has 0 bridgehead atoms. The Labute approximate surface area is 163 Å². The molecule has 1 unspecified atom stereocenters. The van der Waals surface area contributed by atoms with Crippen LogP contribution in [0.3, 0.4) is 0 Å². The number of hydrogen-bond donors (Lipinski definition) is 0. The monoisotopic (exact) mass is 385 g/mol. The van der Waals surface area contributed by atoms with Gasteiger partial charge in [-0.2, -0.15) is 0 Å². The first-order valence-electron chi connectivity index (χ1n) is 9.07. The summed E-state index contributed by atoms with van der Waals surface area (Å²) in [5, 5.41) is 11.2. The Morgan fingerprint density at radius 1 is 1.04 bits per heavy atom.